The molecular formula is C24H30BrClN2O4. The molecule has 2 amide bonds. The van der Waals surface area contributed by atoms with Crippen molar-refractivity contribution in [2.75, 3.05) is 13.7 Å². The number of ether oxygens (including phenoxy) is 2. The highest BCUT2D eigenvalue weighted by atomic mass is 79.9. The molecule has 6 nitrogen and oxygen atoms in total. The second-order valence-corrected chi connectivity index (χ2v) is 8.77. The third-order valence-electron chi connectivity index (χ3n) is 5.12. The normalized spacial score (nSPS) is 12.6. The topological polar surface area (TPSA) is 67.9 Å². The molecule has 0 aliphatic heterocycles. The average Bonchev–Trinajstić information content (AvgIpc) is 2.78. The highest BCUT2D eigenvalue weighted by Gasteiger charge is 2.29. The Hall–Kier alpha value is -2.25. The minimum atomic E-state index is -0.625. The molecule has 2 rings (SSSR count). The van der Waals surface area contributed by atoms with E-state index in [0.717, 1.165) is 12.0 Å². The van der Waals surface area contributed by atoms with E-state index in [9.17, 15) is 9.59 Å². The molecule has 0 radical (unpaired) electrons. The molecule has 0 aliphatic carbocycles. The van der Waals surface area contributed by atoms with E-state index >= 15 is 0 Å². The van der Waals surface area contributed by atoms with Crippen LogP contribution in [0.25, 0.3) is 0 Å². The molecule has 0 unspecified atom stereocenters. The molecule has 0 bridgehead atoms. The van der Waals surface area contributed by atoms with Gasteiger partial charge in [-0.2, -0.15) is 0 Å². The molecule has 1 N–H and O–H groups in total. The number of benzene rings is 2. The van der Waals surface area contributed by atoms with E-state index in [1.807, 2.05) is 45.0 Å². The Balaban J connectivity index is 2.25. The van der Waals surface area contributed by atoms with Crippen LogP contribution in [0, 0.1) is 0 Å². The zero-order valence-electron chi connectivity index (χ0n) is 18.9. The molecule has 2 aromatic rings. The van der Waals surface area contributed by atoms with Gasteiger partial charge in [-0.1, -0.05) is 37.6 Å². The second kappa shape index (κ2) is 12.7. The number of nitrogens with zero attached hydrogens (tertiary/aromatic N) is 1. The molecule has 0 aromatic heterocycles. The van der Waals surface area contributed by atoms with Crippen molar-refractivity contribution in [3.8, 4) is 11.5 Å². The van der Waals surface area contributed by atoms with Gasteiger partial charge in [0.25, 0.3) is 5.91 Å². The number of hydrogen-bond acceptors (Lipinski definition) is 4. The summed E-state index contributed by atoms with van der Waals surface area (Å²) in [7, 11) is 1.59. The maximum atomic E-state index is 13.3. The van der Waals surface area contributed by atoms with Crippen LogP contribution in [-0.2, 0) is 16.1 Å². The van der Waals surface area contributed by atoms with Crippen molar-refractivity contribution in [3.05, 3.63) is 57.5 Å². The van der Waals surface area contributed by atoms with Crippen molar-refractivity contribution in [2.24, 2.45) is 0 Å². The van der Waals surface area contributed by atoms with Crippen LogP contribution < -0.4 is 14.8 Å². The van der Waals surface area contributed by atoms with Crippen molar-refractivity contribution < 1.29 is 19.1 Å². The molecule has 174 valence electrons. The van der Waals surface area contributed by atoms with E-state index in [2.05, 4.69) is 21.2 Å². The fourth-order valence-electron chi connectivity index (χ4n) is 3.14. The number of carbonyl (C=O) groups excluding carboxylic acids is 2. The first-order valence-electron chi connectivity index (χ1n) is 10.6. The molecule has 0 saturated carbocycles. The van der Waals surface area contributed by atoms with Gasteiger partial charge in [0.2, 0.25) is 5.91 Å². The number of amides is 2. The Kier molecular flexibility index (Phi) is 10.3. The number of carbonyl (C=O) groups is 2. The maximum Gasteiger partial charge on any atom is 0.261 e. The first kappa shape index (κ1) is 26.0. The minimum Gasteiger partial charge on any atom is -0.497 e. The SMILES string of the molecule is CC[C@@H](C)NC(=O)[C@H](CC)N(Cc1cccc(OC)c1)C(=O)COc1ccc(Cl)cc1Br. The standard InChI is InChI=1S/C24H30BrClN2O4/c1-5-16(3)27-24(30)21(6-2)28(14-17-8-7-9-19(12-17)31-4)23(29)15-32-22-11-10-18(26)13-20(22)25/h7-13,16,21H,5-6,14-15H2,1-4H3,(H,27,30)/t16-,21+/m1/s1. The molecule has 2 atom stereocenters. The van der Waals surface area contributed by atoms with Gasteiger partial charge < -0.3 is 19.7 Å². The van der Waals surface area contributed by atoms with Gasteiger partial charge in [-0.05, 0) is 71.6 Å². The third kappa shape index (κ3) is 7.41. The Morgan fingerprint density at radius 3 is 2.53 bits per heavy atom. The van der Waals surface area contributed by atoms with Crippen LogP contribution in [0.15, 0.2) is 46.9 Å². The van der Waals surface area contributed by atoms with Crippen LogP contribution in [-0.4, -0.2) is 42.5 Å². The Bertz CT molecular complexity index is 925. The Labute approximate surface area is 203 Å². The van der Waals surface area contributed by atoms with Gasteiger partial charge in [0.1, 0.15) is 17.5 Å². The van der Waals surface area contributed by atoms with Crippen LogP contribution in [0.4, 0.5) is 0 Å². The summed E-state index contributed by atoms with van der Waals surface area (Å²) in [5.74, 6) is 0.723. The lowest BCUT2D eigenvalue weighted by Crippen LogP contribution is -2.51. The summed E-state index contributed by atoms with van der Waals surface area (Å²) in [5, 5.41) is 3.55. The van der Waals surface area contributed by atoms with E-state index in [4.69, 9.17) is 21.1 Å². The van der Waals surface area contributed by atoms with E-state index < -0.39 is 6.04 Å². The van der Waals surface area contributed by atoms with Crippen LogP contribution in [0.2, 0.25) is 5.02 Å². The molecule has 2 aromatic carbocycles. The summed E-state index contributed by atoms with van der Waals surface area (Å²) in [6, 6.07) is 11.9. The molecule has 0 spiro atoms. The molecule has 0 saturated heterocycles. The van der Waals surface area contributed by atoms with Crippen molar-refractivity contribution in [1.29, 1.82) is 0 Å². The predicted molar refractivity (Wildman–Crippen MR) is 130 cm³/mol. The lowest BCUT2D eigenvalue weighted by Gasteiger charge is -2.31. The van der Waals surface area contributed by atoms with Crippen molar-refractivity contribution in [1.82, 2.24) is 10.2 Å². The fourth-order valence-corrected chi connectivity index (χ4v) is 3.94. The summed E-state index contributed by atoms with van der Waals surface area (Å²) < 4.78 is 11.7. The van der Waals surface area contributed by atoms with E-state index in [1.54, 1.807) is 30.2 Å². The van der Waals surface area contributed by atoms with Gasteiger partial charge in [-0.25, -0.2) is 0 Å². The van der Waals surface area contributed by atoms with Gasteiger partial charge in [0.15, 0.2) is 6.61 Å². The van der Waals surface area contributed by atoms with Crippen LogP contribution >= 0.6 is 27.5 Å². The minimum absolute atomic E-state index is 0.0200. The summed E-state index contributed by atoms with van der Waals surface area (Å²) in [4.78, 5) is 27.8. The van der Waals surface area contributed by atoms with E-state index in [0.29, 0.717) is 27.4 Å². The molecule has 8 heteroatoms. The molecular weight excluding hydrogens is 496 g/mol. The second-order valence-electron chi connectivity index (χ2n) is 7.48. The molecule has 32 heavy (non-hydrogen) atoms. The van der Waals surface area contributed by atoms with Crippen LogP contribution in [0.1, 0.15) is 39.2 Å². The summed E-state index contributed by atoms with van der Waals surface area (Å²) in [6.07, 6.45) is 1.28. The van der Waals surface area contributed by atoms with E-state index in [1.165, 1.54) is 0 Å². The highest BCUT2D eigenvalue weighted by molar-refractivity contribution is 9.10. The smallest absolute Gasteiger partial charge is 0.261 e. The van der Waals surface area contributed by atoms with Crippen LogP contribution in [0.5, 0.6) is 11.5 Å². The zero-order valence-corrected chi connectivity index (χ0v) is 21.2. The quantitative estimate of drug-likeness (QED) is 0.437. The first-order chi connectivity index (χ1) is 15.3. The number of halogens is 2. The summed E-state index contributed by atoms with van der Waals surface area (Å²) >= 11 is 9.37. The van der Waals surface area contributed by atoms with Crippen molar-refractivity contribution in [3.63, 3.8) is 0 Å². The lowest BCUT2D eigenvalue weighted by molar-refractivity contribution is -0.143. The highest BCUT2D eigenvalue weighted by Crippen LogP contribution is 2.28. The molecule has 0 aliphatic rings. The third-order valence-corrected chi connectivity index (χ3v) is 5.97. The van der Waals surface area contributed by atoms with Crippen molar-refractivity contribution in [2.45, 2.75) is 52.2 Å². The molecule has 0 heterocycles. The number of methoxy groups -OCH3 is 1. The predicted octanol–water partition coefficient (Wildman–Crippen LogP) is 5.21. The number of hydrogen-bond donors (Lipinski definition) is 1. The summed E-state index contributed by atoms with van der Waals surface area (Å²) in [5.41, 5.74) is 0.861. The van der Waals surface area contributed by atoms with Gasteiger partial charge in [-0.3, -0.25) is 9.59 Å². The van der Waals surface area contributed by atoms with E-state index in [-0.39, 0.29) is 31.0 Å². The summed E-state index contributed by atoms with van der Waals surface area (Å²) in [6.45, 7) is 5.89. The average molecular weight is 526 g/mol. The van der Waals surface area contributed by atoms with Gasteiger partial charge in [0, 0.05) is 17.6 Å². The number of nitrogens with one attached hydrogen (secondary N) is 1. The lowest BCUT2D eigenvalue weighted by atomic mass is 10.1. The Morgan fingerprint density at radius 1 is 1.16 bits per heavy atom. The monoisotopic (exact) mass is 524 g/mol. The van der Waals surface area contributed by atoms with Gasteiger partial charge in [0.05, 0.1) is 11.6 Å². The number of rotatable bonds is 11. The largest absolute Gasteiger partial charge is 0.497 e. The van der Waals surface area contributed by atoms with Crippen molar-refractivity contribution >= 4 is 39.3 Å². The van der Waals surface area contributed by atoms with Crippen LogP contribution in [0.3, 0.4) is 0 Å². The maximum absolute atomic E-state index is 13.3. The van der Waals surface area contributed by atoms with Gasteiger partial charge >= 0.3 is 0 Å². The first-order valence-corrected chi connectivity index (χ1v) is 11.8. The fraction of sp³-hybridized carbons (Fsp3) is 0.417. The Morgan fingerprint density at radius 2 is 1.91 bits per heavy atom. The zero-order chi connectivity index (χ0) is 23.7. The molecule has 0 fully saturated rings. The van der Waals surface area contributed by atoms with Gasteiger partial charge in [-0.15, -0.1) is 0 Å².